The van der Waals surface area contributed by atoms with Crippen molar-refractivity contribution in [2.45, 2.75) is 37.3 Å². The molecule has 2 aromatic heterocycles. The Hall–Kier alpha value is -1.77. The van der Waals surface area contributed by atoms with Crippen LogP contribution in [0, 0.1) is 0 Å². The van der Waals surface area contributed by atoms with Gasteiger partial charge < -0.3 is 15.5 Å². The van der Waals surface area contributed by atoms with Gasteiger partial charge in [0.1, 0.15) is 5.54 Å². The molecule has 4 heterocycles. The number of hydrogen-bond donors (Lipinski definition) is 2. The molecule has 4 rings (SSSR count). The Morgan fingerprint density at radius 3 is 2.71 bits per heavy atom. The summed E-state index contributed by atoms with van der Waals surface area (Å²) < 4.78 is 3.67. The normalized spacial score (nSPS) is 21.3. The van der Waals surface area contributed by atoms with E-state index < -0.39 is 5.54 Å². The molecular weight excluding hydrogens is 401 g/mol. The zero-order valence-electron chi connectivity index (χ0n) is 16.1. The fraction of sp³-hybridized carbons (Fsp3) is 0.611. The minimum atomic E-state index is -0.578. The van der Waals surface area contributed by atoms with Crippen LogP contribution < -0.4 is 15.5 Å². The third-order valence-corrected chi connectivity index (χ3v) is 5.61. The Morgan fingerprint density at radius 1 is 1.29 bits per heavy atom. The molecule has 10 heteroatoms. The molecule has 0 bridgehead atoms. The second-order valence-corrected chi connectivity index (χ2v) is 7.36. The van der Waals surface area contributed by atoms with Gasteiger partial charge in [-0.3, -0.25) is 14.2 Å². The van der Waals surface area contributed by atoms with E-state index in [1.54, 1.807) is 6.20 Å². The number of carbonyl (C=O) groups excluding carboxylic acids is 1. The predicted octanol–water partition coefficient (Wildman–Crippen LogP) is 1.32. The standard InChI is InChI=1S/C18H27N7O.2ClH/c1-23-14-16(12-21-23)24-10-2-4-15(13-24)22-17(26)18(5-8-19-9-6-18)25-11-3-7-20-25;;/h3,7,11-12,14-15,19H,2,4-6,8-10,13H2,1H3,(H,22,26);2*1H. The molecule has 0 spiro atoms. The van der Waals surface area contributed by atoms with Crippen LogP contribution >= 0.6 is 24.8 Å². The van der Waals surface area contributed by atoms with Gasteiger partial charge in [-0.2, -0.15) is 10.2 Å². The van der Waals surface area contributed by atoms with Crippen molar-refractivity contribution < 1.29 is 4.79 Å². The maximum atomic E-state index is 13.3. The van der Waals surface area contributed by atoms with Crippen LogP contribution in [0.1, 0.15) is 25.7 Å². The number of carbonyl (C=O) groups is 1. The highest BCUT2D eigenvalue weighted by molar-refractivity contribution is 5.86. The molecule has 2 fully saturated rings. The Kier molecular flexibility index (Phi) is 7.74. The van der Waals surface area contributed by atoms with Crippen LogP contribution in [0.15, 0.2) is 30.9 Å². The summed E-state index contributed by atoms with van der Waals surface area (Å²) in [6.07, 6.45) is 11.2. The average Bonchev–Trinajstić information content (AvgIpc) is 3.34. The lowest BCUT2D eigenvalue weighted by atomic mass is 9.86. The maximum absolute atomic E-state index is 13.3. The zero-order valence-corrected chi connectivity index (χ0v) is 17.7. The van der Waals surface area contributed by atoms with Crippen molar-refractivity contribution in [3.05, 3.63) is 30.9 Å². The molecule has 0 aromatic carbocycles. The quantitative estimate of drug-likeness (QED) is 0.765. The summed E-state index contributed by atoms with van der Waals surface area (Å²) in [5, 5.41) is 15.3. The molecule has 2 aliphatic heterocycles. The van der Waals surface area contributed by atoms with E-state index in [1.807, 2.05) is 41.1 Å². The van der Waals surface area contributed by atoms with Crippen molar-refractivity contribution in [3.8, 4) is 0 Å². The average molecular weight is 430 g/mol. The number of piperidine rings is 2. The first-order valence-corrected chi connectivity index (χ1v) is 9.43. The minimum Gasteiger partial charge on any atom is -0.367 e. The summed E-state index contributed by atoms with van der Waals surface area (Å²) in [5.74, 6) is 0.0979. The number of nitrogens with one attached hydrogen (secondary N) is 2. The number of nitrogens with zero attached hydrogens (tertiary/aromatic N) is 5. The van der Waals surface area contributed by atoms with Gasteiger partial charge >= 0.3 is 0 Å². The first kappa shape index (κ1) is 22.5. The van der Waals surface area contributed by atoms with E-state index in [0.29, 0.717) is 0 Å². The van der Waals surface area contributed by atoms with Crippen molar-refractivity contribution in [1.29, 1.82) is 0 Å². The number of aromatic nitrogens is 4. The van der Waals surface area contributed by atoms with E-state index in [2.05, 4.69) is 25.7 Å². The van der Waals surface area contributed by atoms with Crippen molar-refractivity contribution in [1.82, 2.24) is 30.2 Å². The molecule has 2 saturated heterocycles. The van der Waals surface area contributed by atoms with Crippen LogP contribution in [0.25, 0.3) is 0 Å². The molecule has 2 aliphatic rings. The summed E-state index contributed by atoms with van der Waals surface area (Å²) in [6.45, 7) is 3.50. The van der Waals surface area contributed by atoms with Gasteiger partial charge in [0.05, 0.1) is 11.9 Å². The molecular formula is C18H29Cl2N7O. The van der Waals surface area contributed by atoms with E-state index in [-0.39, 0.29) is 36.8 Å². The molecule has 0 aliphatic carbocycles. The molecule has 2 N–H and O–H groups in total. The van der Waals surface area contributed by atoms with Gasteiger partial charge in [0, 0.05) is 44.8 Å². The summed E-state index contributed by atoms with van der Waals surface area (Å²) in [5.41, 5.74) is 0.542. The molecule has 0 saturated carbocycles. The van der Waals surface area contributed by atoms with Crippen LogP contribution in [-0.4, -0.2) is 57.7 Å². The maximum Gasteiger partial charge on any atom is 0.248 e. The van der Waals surface area contributed by atoms with Crippen LogP contribution in [-0.2, 0) is 17.4 Å². The highest BCUT2D eigenvalue weighted by Crippen LogP contribution is 2.28. The molecule has 28 heavy (non-hydrogen) atoms. The number of rotatable bonds is 4. The van der Waals surface area contributed by atoms with E-state index in [4.69, 9.17) is 0 Å². The van der Waals surface area contributed by atoms with Gasteiger partial charge in [-0.15, -0.1) is 24.8 Å². The molecule has 156 valence electrons. The van der Waals surface area contributed by atoms with Crippen LogP contribution in [0.5, 0.6) is 0 Å². The summed E-state index contributed by atoms with van der Waals surface area (Å²) in [6, 6.07) is 2.04. The summed E-state index contributed by atoms with van der Waals surface area (Å²) in [7, 11) is 1.93. The lowest BCUT2D eigenvalue weighted by molar-refractivity contribution is -0.132. The summed E-state index contributed by atoms with van der Waals surface area (Å²) in [4.78, 5) is 15.6. The molecule has 8 nitrogen and oxygen atoms in total. The van der Waals surface area contributed by atoms with E-state index >= 15 is 0 Å². The second-order valence-electron chi connectivity index (χ2n) is 7.36. The van der Waals surface area contributed by atoms with Crippen LogP contribution in [0.4, 0.5) is 5.69 Å². The van der Waals surface area contributed by atoms with E-state index in [0.717, 1.165) is 57.5 Å². The molecule has 1 unspecified atom stereocenters. The smallest absolute Gasteiger partial charge is 0.248 e. The van der Waals surface area contributed by atoms with Gasteiger partial charge in [-0.05, 0) is 44.8 Å². The van der Waals surface area contributed by atoms with Gasteiger partial charge in [0.15, 0.2) is 0 Å². The summed E-state index contributed by atoms with van der Waals surface area (Å²) >= 11 is 0. The SMILES string of the molecule is Cl.Cl.Cn1cc(N2CCCC(NC(=O)C3(n4cccn4)CCNCC3)C2)cn1. The topological polar surface area (TPSA) is 80.0 Å². The van der Waals surface area contributed by atoms with Crippen molar-refractivity contribution in [2.75, 3.05) is 31.1 Å². The lowest BCUT2D eigenvalue weighted by Gasteiger charge is -2.39. The largest absolute Gasteiger partial charge is 0.367 e. The first-order chi connectivity index (χ1) is 12.7. The van der Waals surface area contributed by atoms with Gasteiger partial charge in [0.2, 0.25) is 5.91 Å². The zero-order chi connectivity index (χ0) is 18.0. The predicted molar refractivity (Wildman–Crippen MR) is 113 cm³/mol. The number of anilines is 1. The molecule has 0 radical (unpaired) electrons. The monoisotopic (exact) mass is 429 g/mol. The Morgan fingerprint density at radius 2 is 2.07 bits per heavy atom. The molecule has 2 aromatic rings. The fourth-order valence-corrected chi connectivity index (χ4v) is 4.14. The third-order valence-electron chi connectivity index (χ3n) is 5.61. The number of amides is 1. The number of hydrogen-bond acceptors (Lipinski definition) is 5. The number of halogens is 2. The molecule has 1 atom stereocenters. The van der Waals surface area contributed by atoms with Crippen LogP contribution in [0.2, 0.25) is 0 Å². The minimum absolute atomic E-state index is 0. The van der Waals surface area contributed by atoms with E-state index in [9.17, 15) is 4.79 Å². The molecule has 1 amide bonds. The van der Waals surface area contributed by atoms with Crippen molar-refractivity contribution in [3.63, 3.8) is 0 Å². The highest BCUT2D eigenvalue weighted by atomic mass is 35.5. The Bertz CT molecular complexity index is 743. The Balaban J connectivity index is 0.00000140. The van der Waals surface area contributed by atoms with Crippen LogP contribution in [0.3, 0.4) is 0 Å². The van der Waals surface area contributed by atoms with Gasteiger partial charge in [0.25, 0.3) is 0 Å². The van der Waals surface area contributed by atoms with Crippen molar-refractivity contribution in [2.24, 2.45) is 7.05 Å². The van der Waals surface area contributed by atoms with E-state index in [1.165, 1.54) is 0 Å². The van der Waals surface area contributed by atoms with Gasteiger partial charge in [-0.1, -0.05) is 0 Å². The fourth-order valence-electron chi connectivity index (χ4n) is 4.14. The van der Waals surface area contributed by atoms with Crippen molar-refractivity contribution >= 4 is 36.4 Å². The van der Waals surface area contributed by atoms with Gasteiger partial charge in [-0.25, -0.2) is 0 Å². The highest BCUT2D eigenvalue weighted by Gasteiger charge is 2.43. The second kappa shape index (κ2) is 9.62. The third kappa shape index (κ3) is 4.45. The first-order valence-electron chi connectivity index (χ1n) is 9.43. The lowest BCUT2D eigenvalue weighted by Crippen LogP contribution is -2.58. The Labute approximate surface area is 177 Å². The number of aryl methyl sites for hydroxylation is 1.